The summed E-state index contributed by atoms with van der Waals surface area (Å²) in [7, 11) is 0. The predicted molar refractivity (Wildman–Crippen MR) is 62.4 cm³/mol. The van der Waals surface area contributed by atoms with E-state index in [-0.39, 0.29) is 5.88 Å². The Balaban J connectivity index is 2.64. The molecule has 1 N–H and O–H groups in total. The molecule has 0 spiro atoms. The molecule has 0 fully saturated rings. The third-order valence-electron chi connectivity index (χ3n) is 2.37. The van der Waals surface area contributed by atoms with Gasteiger partial charge in [-0.3, -0.25) is 4.40 Å². The molecule has 0 radical (unpaired) electrons. The van der Waals surface area contributed by atoms with Crippen LogP contribution in [0.25, 0.3) is 16.7 Å². The summed E-state index contributed by atoms with van der Waals surface area (Å²) in [6, 6.07) is 1.77. The van der Waals surface area contributed by atoms with Crippen molar-refractivity contribution in [1.82, 2.24) is 19.4 Å². The minimum Gasteiger partial charge on any atom is -0.493 e. The van der Waals surface area contributed by atoms with Gasteiger partial charge in [0.15, 0.2) is 11.3 Å². The Morgan fingerprint density at radius 1 is 1.31 bits per heavy atom. The standard InChI is InChI=1S/C10H7BrN4O/c1-5-13-8-6(10(16)14-5)4-7(11)9-12-2-3-15(8)9/h2-4H,1H3,(H,13,14,16). The Bertz CT molecular complexity index is 707. The summed E-state index contributed by atoms with van der Waals surface area (Å²) in [5.41, 5.74) is 1.42. The first-order valence-corrected chi connectivity index (χ1v) is 5.45. The van der Waals surface area contributed by atoms with Crippen LogP contribution in [0.2, 0.25) is 0 Å². The minimum atomic E-state index is -0.0150. The molecule has 0 saturated carbocycles. The van der Waals surface area contributed by atoms with Crippen LogP contribution in [0.3, 0.4) is 0 Å². The monoisotopic (exact) mass is 278 g/mol. The molecule has 16 heavy (non-hydrogen) atoms. The number of aromatic hydroxyl groups is 1. The van der Waals surface area contributed by atoms with E-state index in [4.69, 9.17) is 0 Å². The first-order chi connectivity index (χ1) is 7.66. The summed E-state index contributed by atoms with van der Waals surface area (Å²) in [5.74, 6) is 0.515. The summed E-state index contributed by atoms with van der Waals surface area (Å²) >= 11 is 3.40. The van der Waals surface area contributed by atoms with E-state index in [9.17, 15) is 5.11 Å². The Kier molecular flexibility index (Phi) is 1.88. The van der Waals surface area contributed by atoms with E-state index >= 15 is 0 Å². The Labute approximate surface area is 98.9 Å². The van der Waals surface area contributed by atoms with Crippen molar-refractivity contribution in [3.63, 3.8) is 0 Å². The van der Waals surface area contributed by atoms with E-state index in [1.807, 2.05) is 4.40 Å². The van der Waals surface area contributed by atoms with Crippen molar-refractivity contribution in [2.24, 2.45) is 0 Å². The number of rotatable bonds is 0. The van der Waals surface area contributed by atoms with Gasteiger partial charge in [0.1, 0.15) is 5.82 Å². The molecule has 5 nitrogen and oxygen atoms in total. The van der Waals surface area contributed by atoms with E-state index in [1.54, 1.807) is 25.4 Å². The molecule has 0 unspecified atom stereocenters. The van der Waals surface area contributed by atoms with Crippen molar-refractivity contribution in [2.75, 3.05) is 0 Å². The number of fused-ring (bicyclic) bond motifs is 3. The third kappa shape index (κ3) is 1.19. The molecule has 0 bridgehead atoms. The van der Waals surface area contributed by atoms with E-state index in [1.165, 1.54) is 0 Å². The van der Waals surface area contributed by atoms with Crippen molar-refractivity contribution in [3.8, 4) is 5.88 Å². The Hall–Kier alpha value is -1.69. The zero-order valence-corrected chi connectivity index (χ0v) is 9.93. The molecular formula is C10H7BrN4O. The summed E-state index contributed by atoms with van der Waals surface area (Å²) in [4.78, 5) is 12.4. The fraction of sp³-hybridized carbons (Fsp3) is 0.100. The molecule has 3 aromatic rings. The van der Waals surface area contributed by atoms with Crippen LogP contribution >= 0.6 is 15.9 Å². The van der Waals surface area contributed by atoms with Crippen LogP contribution < -0.4 is 0 Å². The van der Waals surface area contributed by atoms with E-state index < -0.39 is 0 Å². The lowest BCUT2D eigenvalue weighted by atomic mass is 10.3. The highest BCUT2D eigenvalue weighted by molar-refractivity contribution is 9.10. The molecular weight excluding hydrogens is 272 g/mol. The molecule has 0 amide bonds. The van der Waals surface area contributed by atoms with Crippen molar-refractivity contribution < 1.29 is 5.11 Å². The second-order valence-corrected chi connectivity index (χ2v) is 4.30. The van der Waals surface area contributed by atoms with Crippen molar-refractivity contribution >= 4 is 32.6 Å². The lowest BCUT2D eigenvalue weighted by Gasteiger charge is -2.05. The van der Waals surface area contributed by atoms with Gasteiger partial charge in [-0.2, -0.15) is 4.98 Å². The maximum atomic E-state index is 9.77. The van der Waals surface area contributed by atoms with Crippen LogP contribution in [-0.4, -0.2) is 24.5 Å². The molecule has 6 heteroatoms. The van der Waals surface area contributed by atoms with Gasteiger partial charge in [-0.15, -0.1) is 0 Å². The first-order valence-electron chi connectivity index (χ1n) is 4.65. The van der Waals surface area contributed by atoms with Gasteiger partial charge >= 0.3 is 0 Å². The number of pyridine rings is 1. The number of imidazole rings is 1. The second-order valence-electron chi connectivity index (χ2n) is 3.44. The van der Waals surface area contributed by atoms with Crippen molar-refractivity contribution in [2.45, 2.75) is 6.92 Å². The molecule has 0 aliphatic carbocycles. The lowest BCUT2D eigenvalue weighted by molar-refractivity contribution is 0.457. The molecule has 3 heterocycles. The second kappa shape index (κ2) is 3.15. The van der Waals surface area contributed by atoms with Gasteiger partial charge in [0, 0.05) is 12.4 Å². The maximum Gasteiger partial charge on any atom is 0.223 e. The zero-order valence-electron chi connectivity index (χ0n) is 8.35. The maximum absolute atomic E-state index is 9.77. The normalized spacial score (nSPS) is 11.4. The van der Waals surface area contributed by atoms with Gasteiger partial charge in [-0.1, -0.05) is 0 Å². The summed E-state index contributed by atoms with van der Waals surface area (Å²) in [6.45, 7) is 1.74. The third-order valence-corrected chi connectivity index (χ3v) is 2.95. The molecule has 0 aromatic carbocycles. The fourth-order valence-corrected chi connectivity index (χ4v) is 2.23. The van der Waals surface area contributed by atoms with Gasteiger partial charge in [0.2, 0.25) is 5.88 Å². The quantitative estimate of drug-likeness (QED) is 0.684. The first kappa shape index (κ1) is 9.53. The molecule has 3 aromatic heterocycles. The van der Waals surface area contributed by atoms with Crippen LogP contribution in [0.5, 0.6) is 5.88 Å². The van der Waals surface area contributed by atoms with Gasteiger partial charge in [0.25, 0.3) is 0 Å². The largest absolute Gasteiger partial charge is 0.493 e. The topological polar surface area (TPSA) is 63.3 Å². The van der Waals surface area contributed by atoms with Crippen molar-refractivity contribution in [1.29, 1.82) is 0 Å². The molecule has 3 rings (SSSR count). The number of hydrogen-bond donors (Lipinski definition) is 1. The highest BCUT2D eigenvalue weighted by Crippen LogP contribution is 2.27. The van der Waals surface area contributed by atoms with E-state index in [2.05, 4.69) is 30.9 Å². The lowest BCUT2D eigenvalue weighted by Crippen LogP contribution is -1.96. The van der Waals surface area contributed by atoms with E-state index in [0.29, 0.717) is 16.9 Å². The number of aryl methyl sites for hydroxylation is 1. The Morgan fingerprint density at radius 3 is 2.94 bits per heavy atom. The van der Waals surface area contributed by atoms with Crippen LogP contribution in [0.1, 0.15) is 5.82 Å². The number of aromatic nitrogens is 4. The minimum absolute atomic E-state index is 0.0150. The van der Waals surface area contributed by atoms with Crippen LogP contribution in [0.15, 0.2) is 22.9 Å². The van der Waals surface area contributed by atoms with Crippen LogP contribution in [0.4, 0.5) is 0 Å². The number of halogens is 1. The fourth-order valence-electron chi connectivity index (χ4n) is 1.71. The van der Waals surface area contributed by atoms with Crippen LogP contribution in [-0.2, 0) is 0 Å². The highest BCUT2D eigenvalue weighted by Gasteiger charge is 2.11. The number of nitrogens with zero attached hydrogens (tertiary/aromatic N) is 4. The molecule has 80 valence electrons. The average molecular weight is 279 g/mol. The summed E-state index contributed by atoms with van der Waals surface area (Å²) < 4.78 is 2.61. The van der Waals surface area contributed by atoms with Gasteiger partial charge < -0.3 is 5.11 Å². The summed E-state index contributed by atoms with van der Waals surface area (Å²) in [5, 5.41) is 10.4. The molecule has 0 aliphatic rings. The van der Waals surface area contributed by atoms with Crippen LogP contribution in [0, 0.1) is 6.92 Å². The Morgan fingerprint density at radius 2 is 2.12 bits per heavy atom. The zero-order chi connectivity index (χ0) is 11.3. The number of hydrogen-bond acceptors (Lipinski definition) is 4. The van der Waals surface area contributed by atoms with Gasteiger partial charge in [-0.05, 0) is 28.9 Å². The molecule has 0 atom stereocenters. The van der Waals surface area contributed by atoms with Gasteiger partial charge in [-0.25, -0.2) is 9.97 Å². The van der Waals surface area contributed by atoms with E-state index in [0.717, 1.165) is 10.1 Å². The highest BCUT2D eigenvalue weighted by atomic mass is 79.9. The van der Waals surface area contributed by atoms with Crippen molar-refractivity contribution in [3.05, 3.63) is 28.8 Å². The predicted octanol–water partition coefficient (Wildman–Crippen LogP) is 2.05. The SMILES string of the molecule is Cc1nc(O)c2cc(Br)c3nccn3c2n1. The summed E-state index contributed by atoms with van der Waals surface area (Å²) in [6.07, 6.45) is 3.49. The average Bonchev–Trinajstić information content (AvgIpc) is 2.69. The molecule has 0 aliphatic heterocycles. The smallest absolute Gasteiger partial charge is 0.223 e. The van der Waals surface area contributed by atoms with Gasteiger partial charge in [0.05, 0.1) is 9.86 Å². The molecule has 0 saturated heterocycles.